The van der Waals surface area contributed by atoms with E-state index in [2.05, 4.69) is 19.9 Å². The first-order valence-corrected chi connectivity index (χ1v) is 7.20. The van der Waals surface area contributed by atoms with Crippen LogP contribution in [0.4, 0.5) is 0 Å². The first-order valence-electron chi connectivity index (χ1n) is 7.20. The normalized spacial score (nSPS) is 50.1. The van der Waals surface area contributed by atoms with Gasteiger partial charge in [0.25, 0.3) is 0 Å². The van der Waals surface area contributed by atoms with Gasteiger partial charge in [0.1, 0.15) is 5.41 Å². The van der Waals surface area contributed by atoms with Crippen molar-refractivity contribution in [3.05, 3.63) is 0 Å². The maximum absolute atomic E-state index is 11.2. The molecule has 4 atom stereocenters. The lowest BCUT2D eigenvalue weighted by atomic mass is 9.55. The van der Waals surface area contributed by atoms with Crippen LogP contribution in [0.15, 0.2) is 0 Å². The van der Waals surface area contributed by atoms with E-state index in [0.717, 1.165) is 44.9 Å². The highest BCUT2D eigenvalue weighted by atomic mass is 16.5. The van der Waals surface area contributed by atoms with Crippen LogP contribution in [-0.2, 0) is 4.74 Å². The fourth-order valence-corrected chi connectivity index (χ4v) is 4.63. The van der Waals surface area contributed by atoms with Gasteiger partial charge in [-0.15, -0.1) is 0 Å². The van der Waals surface area contributed by atoms with Gasteiger partial charge in [-0.1, -0.05) is 13.8 Å². The topological polar surface area (TPSA) is 53.2 Å². The van der Waals surface area contributed by atoms with Crippen LogP contribution in [0.3, 0.4) is 0 Å². The fraction of sp³-hybridized carbons (Fsp3) is 0.933. The standard InChI is InChI=1S/C15H23NO2/c1-13(2)6-3-7-15(17,9-13)14(10-16)8-11-4-5-12(14)18-11/h11-12,17H,3-9H2,1-2H3. The van der Waals surface area contributed by atoms with Crippen molar-refractivity contribution in [1.29, 1.82) is 5.26 Å². The van der Waals surface area contributed by atoms with Gasteiger partial charge >= 0.3 is 0 Å². The van der Waals surface area contributed by atoms with E-state index in [0.29, 0.717) is 0 Å². The third kappa shape index (κ3) is 1.55. The maximum atomic E-state index is 11.2. The second-order valence-electron chi connectivity index (χ2n) is 7.34. The predicted molar refractivity (Wildman–Crippen MR) is 67.8 cm³/mol. The molecule has 0 amide bonds. The van der Waals surface area contributed by atoms with Crippen molar-refractivity contribution < 1.29 is 9.84 Å². The smallest absolute Gasteiger partial charge is 0.114 e. The maximum Gasteiger partial charge on any atom is 0.114 e. The molecule has 2 saturated heterocycles. The third-order valence-electron chi connectivity index (χ3n) is 5.45. The van der Waals surface area contributed by atoms with Crippen LogP contribution in [0, 0.1) is 22.2 Å². The van der Waals surface area contributed by atoms with Gasteiger partial charge in [0.2, 0.25) is 0 Å². The summed E-state index contributed by atoms with van der Waals surface area (Å²) in [7, 11) is 0. The van der Waals surface area contributed by atoms with Crippen molar-refractivity contribution in [2.45, 2.75) is 76.6 Å². The zero-order valence-electron chi connectivity index (χ0n) is 11.4. The Morgan fingerprint density at radius 1 is 1.28 bits per heavy atom. The summed E-state index contributed by atoms with van der Waals surface area (Å²) in [4.78, 5) is 0. The Labute approximate surface area is 109 Å². The predicted octanol–water partition coefficient (Wildman–Crippen LogP) is 2.78. The summed E-state index contributed by atoms with van der Waals surface area (Å²) >= 11 is 0. The van der Waals surface area contributed by atoms with Crippen molar-refractivity contribution in [3.63, 3.8) is 0 Å². The largest absolute Gasteiger partial charge is 0.388 e. The molecule has 0 spiro atoms. The number of rotatable bonds is 1. The molecule has 0 aromatic heterocycles. The van der Waals surface area contributed by atoms with Crippen LogP contribution >= 0.6 is 0 Å². The number of ether oxygens (including phenoxy) is 1. The minimum atomic E-state index is -0.844. The molecule has 2 bridgehead atoms. The number of fused-ring (bicyclic) bond motifs is 2. The summed E-state index contributed by atoms with van der Waals surface area (Å²) in [5.74, 6) is 0. The van der Waals surface area contributed by atoms with Gasteiger partial charge in [0, 0.05) is 0 Å². The molecule has 2 aliphatic heterocycles. The third-order valence-corrected chi connectivity index (χ3v) is 5.45. The van der Waals surface area contributed by atoms with Gasteiger partial charge in [-0.05, 0) is 50.4 Å². The highest BCUT2D eigenvalue weighted by molar-refractivity contribution is 5.22. The molecule has 0 aromatic rings. The molecule has 1 saturated carbocycles. The van der Waals surface area contributed by atoms with E-state index in [9.17, 15) is 10.4 Å². The first-order chi connectivity index (χ1) is 8.41. The van der Waals surface area contributed by atoms with Gasteiger partial charge < -0.3 is 9.84 Å². The molecule has 4 unspecified atom stereocenters. The number of nitriles is 1. The molecule has 0 aromatic carbocycles. The Kier molecular flexibility index (Phi) is 2.56. The lowest BCUT2D eigenvalue weighted by Gasteiger charge is -2.50. The van der Waals surface area contributed by atoms with Gasteiger partial charge in [-0.3, -0.25) is 0 Å². The lowest BCUT2D eigenvalue weighted by molar-refractivity contribution is -0.131. The highest BCUT2D eigenvalue weighted by Gasteiger charge is 2.64. The van der Waals surface area contributed by atoms with Gasteiger partial charge in [0.05, 0.1) is 23.9 Å². The second kappa shape index (κ2) is 3.71. The molecule has 2 heterocycles. The molecule has 3 aliphatic rings. The van der Waals surface area contributed by atoms with E-state index < -0.39 is 11.0 Å². The highest BCUT2D eigenvalue weighted by Crippen LogP contribution is 2.59. The van der Waals surface area contributed by atoms with Crippen molar-refractivity contribution in [2.75, 3.05) is 0 Å². The van der Waals surface area contributed by atoms with Crippen molar-refractivity contribution in [1.82, 2.24) is 0 Å². The van der Waals surface area contributed by atoms with E-state index in [1.165, 1.54) is 0 Å². The lowest BCUT2D eigenvalue weighted by Crippen LogP contribution is -2.56. The molecule has 3 fully saturated rings. The van der Waals surface area contributed by atoms with E-state index in [4.69, 9.17) is 4.74 Å². The van der Waals surface area contributed by atoms with Gasteiger partial charge in [-0.2, -0.15) is 5.26 Å². The average molecular weight is 249 g/mol. The summed E-state index contributed by atoms with van der Waals surface area (Å²) in [6, 6.07) is 2.48. The monoisotopic (exact) mass is 249 g/mol. The molecule has 3 heteroatoms. The number of aliphatic hydroxyl groups is 1. The average Bonchev–Trinajstić information content (AvgIpc) is 2.87. The van der Waals surface area contributed by atoms with Crippen molar-refractivity contribution in [2.24, 2.45) is 10.8 Å². The molecule has 1 N–H and O–H groups in total. The number of hydrogen-bond acceptors (Lipinski definition) is 3. The quantitative estimate of drug-likeness (QED) is 0.777. The Balaban J connectivity index is 1.94. The summed E-state index contributed by atoms with van der Waals surface area (Å²) in [6.45, 7) is 4.41. The molecule has 18 heavy (non-hydrogen) atoms. The van der Waals surface area contributed by atoms with Gasteiger partial charge in [-0.25, -0.2) is 0 Å². The van der Waals surface area contributed by atoms with E-state index in [-0.39, 0.29) is 17.6 Å². The first kappa shape index (κ1) is 12.4. The van der Waals surface area contributed by atoms with E-state index in [1.54, 1.807) is 0 Å². The molecular formula is C15H23NO2. The Bertz CT molecular complexity index is 400. The van der Waals surface area contributed by atoms with E-state index >= 15 is 0 Å². The molecule has 3 rings (SSSR count). The van der Waals surface area contributed by atoms with Crippen LogP contribution in [0.25, 0.3) is 0 Å². The van der Waals surface area contributed by atoms with Gasteiger partial charge in [0.15, 0.2) is 0 Å². The summed E-state index contributed by atoms with van der Waals surface area (Å²) < 4.78 is 5.88. The summed E-state index contributed by atoms with van der Waals surface area (Å²) in [5, 5.41) is 20.9. The minimum Gasteiger partial charge on any atom is -0.388 e. The molecule has 1 aliphatic carbocycles. The molecule has 0 radical (unpaired) electrons. The number of nitrogens with zero attached hydrogens (tertiary/aromatic N) is 1. The van der Waals surface area contributed by atoms with Crippen LogP contribution < -0.4 is 0 Å². The molecule has 100 valence electrons. The van der Waals surface area contributed by atoms with Crippen LogP contribution in [0.5, 0.6) is 0 Å². The van der Waals surface area contributed by atoms with Crippen molar-refractivity contribution >= 4 is 0 Å². The summed E-state index contributed by atoms with van der Waals surface area (Å²) in [5.41, 5.74) is -1.35. The zero-order valence-corrected chi connectivity index (χ0v) is 11.4. The molecule has 3 nitrogen and oxygen atoms in total. The van der Waals surface area contributed by atoms with E-state index in [1.807, 2.05) is 0 Å². The van der Waals surface area contributed by atoms with Crippen LogP contribution in [-0.4, -0.2) is 22.9 Å². The Hall–Kier alpha value is -0.590. The van der Waals surface area contributed by atoms with Crippen molar-refractivity contribution in [3.8, 4) is 6.07 Å². The number of hydrogen-bond donors (Lipinski definition) is 1. The molecular weight excluding hydrogens is 226 g/mol. The minimum absolute atomic E-state index is 0.0357. The van der Waals surface area contributed by atoms with Crippen LogP contribution in [0.1, 0.15) is 58.8 Å². The summed E-state index contributed by atoms with van der Waals surface area (Å²) in [6.07, 6.45) is 6.58. The Morgan fingerprint density at radius 3 is 2.56 bits per heavy atom. The Morgan fingerprint density at radius 2 is 2.06 bits per heavy atom. The fourth-order valence-electron chi connectivity index (χ4n) is 4.63. The van der Waals surface area contributed by atoms with Crippen LogP contribution in [0.2, 0.25) is 0 Å². The second-order valence-corrected chi connectivity index (χ2v) is 7.34. The SMILES string of the molecule is CC1(C)CCCC(O)(C2(C#N)CC3CCC2O3)C1. The zero-order chi connectivity index (χ0) is 13.0.